The van der Waals surface area contributed by atoms with E-state index in [4.69, 9.17) is 16.3 Å². The molecule has 0 bridgehead atoms. The van der Waals surface area contributed by atoms with Crippen molar-refractivity contribution < 1.29 is 19.1 Å². The molecule has 2 aliphatic heterocycles. The Hall–Kier alpha value is -3.17. The molecule has 4 rings (SSSR count). The molecule has 1 aromatic heterocycles. The first-order valence-electron chi connectivity index (χ1n) is 10.8. The molecule has 33 heavy (non-hydrogen) atoms. The number of likely N-dealkylation sites (tertiary alicyclic amines) is 1. The number of ether oxygens (including phenoxy) is 1. The van der Waals surface area contributed by atoms with Gasteiger partial charge in [0.05, 0.1) is 11.1 Å². The molecule has 9 nitrogen and oxygen atoms in total. The number of amides is 4. The minimum atomic E-state index is -0.706. The van der Waals surface area contributed by atoms with Crippen LogP contribution in [0, 0.1) is 0 Å². The Kier molecular flexibility index (Phi) is 6.80. The molecule has 2 unspecified atom stereocenters. The molecule has 2 aromatic rings. The van der Waals surface area contributed by atoms with Gasteiger partial charge in [0.25, 0.3) is 0 Å². The first-order chi connectivity index (χ1) is 15.9. The Morgan fingerprint density at radius 2 is 1.91 bits per heavy atom. The molecule has 2 aliphatic rings. The van der Waals surface area contributed by atoms with Gasteiger partial charge in [0.15, 0.2) is 0 Å². The number of anilines is 3. The van der Waals surface area contributed by atoms with E-state index in [9.17, 15) is 14.4 Å². The van der Waals surface area contributed by atoms with E-state index >= 15 is 0 Å². The summed E-state index contributed by atoms with van der Waals surface area (Å²) >= 11 is 5.84. The van der Waals surface area contributed by atoms with Gasteiger partial charge in [-0.05, 0) is 49.7 Å². The number of urea groups is 1. The van der Waals surface area contributed by atoms with Crippen LogP contribution in [-0.4, -0.2) is 59.6 Å². The molecule has 4 amide bonds. The summed E-state index contributed by atoms with van der Waals surface area (Å²) in [5.74, 6) is 0.130. The highest BCUT2D eigenvalue weighted by molar-refractivity contribution is 6.30. The number of carbonyl (C=O) groups excluding carboxylic acids is 3. The van der Waals surface area contributed by atoms with Crippen LogP contribution in [0.3, 0.4) is 0 Å². The van der Waals surface area contributed by atoms with Gasteiger partial charge in [-0.2, -0.15) is 0 Å². The Morgan fingerprint density at radius 3 is 2.52 bits per heavy atom. The third-order valence-corrected chi connectivity index (χ3v) is 6.24. The van der Waals surface area contributed by atoms with Crippen molar-refractivity contribution >= 4 is 46.6 Å². The van der Waals surface area contributed by atoms with Gasteiger partial charge >= 0.3 is 6.03 Å². The van der Waals surface area contributed by atoms with E-state index in [2.05, 4.69) is 15.6 Å². The Balaban J connectivity index is 1.43. The van der Waals surface area contributed by atoms with Crippen molar-refractivity contribution in [2.24, 2.45) is 0 Å². The maximum absolute atomic E-state index is 13.0. The highest BCUT2D eigenvalue weighted by atomic mass is 35.5. The van der Waals surface area contributed by atoms with Crippen molar-refractivity contribution in [1.29, 1.82) is 0 Å². The lowest BCUT2D eigenvalue weighted by Gasteiger charge is -2.24. The average molecular weight is 472 g/mol. The first-order valence-corrected chi connectivity index (χ1v) is 11.2. The Labute approximate surface area is 197 Å². The molecule has 174 valence electrons. The molecular weight excluding hydrogens is 446 g/mol. The fourth-order valence-electron chi connectivity index (χ4n) is 4.23. The summed E-state index contributed by atoms with van der Waals surface area (Å²) in [5.41, 5.74) is 1.39. The SMILES string of the molecule is CO[C@@H]1CC(C(=O)Nc2ccc(N3C(=O)CCC3C)cc2)N(C(=O)Nc2ccc(Cl)cn2)C1. The summed E-state index contributed by atoms with van der Waals surface area (Å²) < 4.78 is 5.41. The molecule has 2 fully saturated rings. The smallest absolute Gasteiger partial charge is 0.323 e. The van der Waals surface area contributed by atoms with E-state index in [1.807, 2.05) is 19.1 Å². The molecule has 0 saturated carbocycles. The molecule has 2 saturated heterocycles. The molecule has 0 aliphatic carbocycles. The van der Waals surface area contributed by atoms with Crippen molar-refractivity contribution in [3.63, 3.8) is 0 Å². The van der Waals surface area contributed by atoms with Gasteiger partial charge in [-0.25, -0.2) is 9.78 Å². The number of hydrogen-bond acceptors (Lipinski definition) is 5. The number of halogens is 1. The predicted molar refractivity (Wildman–Crippen MR) is 125 cm³/mol. The first kappa shape index (κ1) is 23.0. The Bertz CT molecular complexity index is 1030. The fourth-order valence-corrected chi connectivity index (χ4v) is 4.34. The van der Waals surface area contributed by atoms with E-state index in [1.54, 1.807) is 36.3 Å². The molecule has 3 heterocycles. The number of nitrogens with zero attached hydrogens (tertiary/aromatic N) is 3. The van der Waals surface area contributed by atoms with E-state index < -0.39 is 12.1 Å². The number of hydrogen-bond donors (Lipinski definition) is 2. The second-order valence-electron chi connectivity index (χ2n) is 8.24. The van der Waals surface area contributed by atoms with Crippen LogP contribution in [-0.2, 0) is 14.3 Å². The molecule has 1 aromatic carbocycles. The van der Waals surface area contributed by atoms with Gasteiger partial charge in [-0.15, -0.1) is 0 Å². The largest absolute Gasteiger partial charge is 0.380 e. The third kappa shape index (κ3) is 5.09. The quantitative estimate of drug-likeness (QED) is 0.694. The third-order valence-electron chi connectivity index (χ3n) is 6.02. The highest BCUT2D eigenvalue weighted by Crippen LogP contribution is 2.28. The van der Waals surface area contributed by atoms with Crippen molar-refractivity contribution in [2.45, 2.75) is 44.4 Å². The van der Waals surface area contributed by atoms with Crippen LogP contribution in [0.5, 0.6) is 0 Å². The van der Waals surface area contributed by atoms with Crippen LogP contribution >= 0.6 is 11.6 Å². The maximum atomic E-state index is 13.0. The Morgan fingerprint density at radius 1 is 1.15 bits per heavy atom. The normalized spacial score (nSPS) is 22.5. The van der Waals surface area contributed by atoms with Crippen LogP contribution < -0.4 is 15.5 Å². The lowest BCUT2D eigenvalue weighted by atomic mass is 10.1. The molecule has 0 radical (unpaired) electrons. The summed E-state index contributed by atoms with van der Waals surface area (Å²) in [7, 11) is 1.56. The van der Waals surface area contributed by atoms with Crippen LogP contribution in [0.1, 0.15) is 26.2 Å². The van der Waals surface area contributed by atoms with E-state index in [0.717, 1.165) is 12.1 Å². The van der Waals surface area contributed by atoms with Gasteiger partial charge in [0.2, 0.25) is 11.8 Å². The molecule has 10 heteroatoms. The van der Waals surface area contributed by atoms with Crippen molar-refractivity contribution in [3.05, 3.63) is 47.6 Å². The summed E-state index contributed by atoms with van der Waals surface area (Å²) in [6, 6.07) is 9.38. The second kappa shape index (κ2) is 9.76. The maximum Gasteiger partial charge on any atom is 0.323 e. The molecule has 3 atom stereocenters. The zero-order valence-electron chi connectivity index (χ0n) is 18.5. The van der Waals surface area contributed by atoms with Crippen LogP contribution in [0.15, 0.2) is 42.6 Å². The lowest BCUT2D eigenvalue weighted by Crippen LogP contribution is -2.45. The lowest BCUT2D eigenvalue weighted by molar-refractivity contribution is -0.119. The topological polar surface area (TPSA) is 104 Å². The molecule has 0 spiro atoms. The van der Waals surface area contributed by atoms with Gasteiger partial charge in [0.1, 0.15) is 11.9 Å². The minimum absolute atomic E-state index is 0.104. The van der Waals surface area contributed by atoms with Gasteiger partial charge in [-0.3, -0.25) is 14.9 Å². The summed E-state index contributed by atoms with van der Waals surface area (Å²) in [6.07, 6.45) is 2.94. The summed E-state index contributed by atoms with van der Waals surface area (Å²) in [4.78, 5) is 45.3. The monoisotopic (exact) mass is 471 g/mol. The number of nitrogens with one attached hydrogen (secondary N) is 2. The van der Waals surface area contributed by atoms with E-state index in [1.165, 1.54) is 11.1 Å². The zero-order valence-corrected chi connectivity index (χ0v) is 19.2. The van der Waals surface area contributed by atoms with Crippen molar-refractivity contribution in [2.75, 3.05) is 29.2 Å². The van der Waals surface area contributed by atoms with Gasteiger partial charge < -0.3 is 19.9 Å². The van der Waals surface area contributed by atoms with Crippen molar-refractivity contribution in [1.82, 2.24) is 9.88 Å². The number of benzene rings is 1. The van der Waals surface area contributed by atoms with Gasteiger partial charge in [0, 0.05) is 50.1 Å². The fraction of sp³-hybridized carbons (Fsp3) is 0.391. The summed E-state index contributed by atoms with van der Waals surface area (Å²) in [5, 5.41) is 6.03. The van der Waals surface area contributed by atoms with Crippen LogP contribution in [0.25, 0.3) is 0 Å². The van der Waals surface area contributed by atoms with Crippen LogP contribution in [0.2, 0.25) is 5.02 Å². The number of methoxy groups -OCH3 is 1. The van der Waals surface area contributed by atoms with Gasteiger partial charge in [-0.1, -0.05) is 11.6 Å². The van der Waals surface area contributed by atoms with Crippen LogP contribution in [0.4, 0.5) is 22.0 Å². The predicted octanol–water partition coefficient (Wildman–Crippen LogP) is 3.51. The van der Waals surface area contributed by atoms with E-state index in [-0.39, 0.29) is 30.5 Å². The highest BCUT2D eigenvalue weighted by Gasteiger charge is 2.40. The van der Waals surface area contributed by atoms with E-state index in [0.29, 0.717) is 29.4 Å². The number of aromatic nitrogens is 1. The number of carbonyl (C=O) groups is 3. The summed E-state index contributed by atoms with van der Waals surface area (Å²) in [6.45, 7) is 2.30. The number of pyridine rings is 1. The minimum Gasteiger partial charge on any atom is -0.380 e. The zero-order chi connectivity index (χ0) is 23.5. The molecule has 2 N–H and O–H groups in total. The molecular formula is C23H26ClN5O4. The second-order valence-corrected chi connectivity index (χ2v) is 8.68. The standard InChI is InChI=1S/C23H26ClN5O4/c1-14-3-10-21(30)29(14)17-7-5-16(6-8-17)26-22(31)19-11-18(33-2)13-28(19)23(32)27-20-9-4-15(24)12-25-20/h4-9,12,14,18-19H,3,10-11,13H2,1-2H3,(H,26,31)(H,25,27,32)/t14?,18-,19?/m1/s1. The average Bonchev–Trinajstić information content (AvgIpc) is 3.39. The number of rotatable bonds is 5. The van der Waals surface area contributed by atoms with Crippen molar-refractivity contribution in [3.8, 4) is 0 Å².